The normalized spacial score (nSPS) is 14.8. The third-order valence-electron chi connectivity index (χ3n) is 5.15. The Morgan fingerprint density at radius 2 is 1.84 bits per heavy atom. The summed E-state index contributed by atoms with van der Waals surface area (Å²) in [5, 5.41) is 2.73. The maximum absolute atomic E-state index is 14.4. The number of amides is 1. The van der Waals surface area contributed by atoms with Gasteiger partial charge in [0.1, 0.15) is 5.75 Å². The number of rotatable bonds is 7. The third kappa shape index (κ3) is 4.94. The van der Waals surface area contributed by atoms with E-state index in [1.54, 1.807) is 31.0 Å². The molecule has 1 N–H and O–H groups in total. The van der Waals surface area contributed by atoms with Crippen molar-refractivity contribution in [3.8, 4) is 11.5 Å². The number of fused-ring (bicyclic) bond motifs is 1. The van der Waals surface area contributed by atoms with E-state index in [-0.39, 0.29) is 23.3 Å². The molecule has 7 heteroatoms. The lowest BCUT2D eigenvalue weighted by Crippen LogP contribution is -2.31. The monoisotopic (exact) mass is 450 g/mol. The van der Waals surface area contributed by atoms with Crippen molar-refractivity contribution in [2.24, 2.45) is 4.99 Å². The molecular weight excluding hydrogens is 427 g/mol. The quantitative estimate of drug-likeness (QED) is 0.541. The lowest BCUT2D eigenvalue weighted by molar-refractivity contribution is -0.121. The smallest absolute Gasteiger partial charge is 0.221 e. The largest absolute Gasteiger partial charge is 0.497 e. The zero-order valence-corrected chi connectivity index (χ0v) is 18.6. The van der Waals surface area contributed by atoms with E-state index < -0.39 is 5.82 Å². The van der Waals surface area contributed by atoms with Gasteiger partial charge in [0.05, 0.1) is 30.9 Å². The molecule has 1 aliphatic rings. The van der Waals surface area contributed by atoms with E-state index in [1.807, 2.05) is 48.5 Å². The van der Waals surface area contributed by atoms with Crippen molar-refractivity contribution in [3.05, 3.63) is 83.7 Å². The van der Waals surface area contributed by atoms with Crippen LogP contribution in [0.2, 0.25) is 0 Å². The van der Waals surface area contributed by atoms with E-state index in [0.717, 1.165) is 21.9 Å². The number of methoxy groups -OCH3 is 2. The highest BCUT2D eigenvalue weighted by Crippen LogP contribution is 2.40. The Hall–Kier alpha value is -3.32. The van der Waals surface area contributed by atoms with Gasteiger partial charge in [-0.25, -0.2) is 4.39 Å². The molecule has 3 aromatic rings. The SMILES string of the molecule is COc1ccc(CNC(=O)C[C@@H]2Sc3ccccc3N=C2c2ccc(OC)c(F)c2)cc1. The summed E-state index contributed by atoms with van der Waals surface area (Å²) in [6.45, 7) is 0.417. The summed E-state index contributed by atoms with van der Waals surface area (Å²) in [7, 11) is 3.04. The predicted molar refractivity (Wildman–Crippen MR) is 125 cm³/mol. The first-order chi connectivity index (χ1) is 15.6. The summed E-state index contributed by atoms with van der Waals surface area (Å²) >= 11 is 1.57. The average Bonchev–Trinajstić information content (AvgIpc) is 2.82. The van der Waals surface area contributed by atoms with Gasteiger partial charge in [0.15, 0.2) is 11.6 Å². The predicted octanol–water partition coefficient (Wildman–Crippen LogP) is 5.14. The molecule has 0 aliphatic carbocycles. The van der Waals surface area contributed by atoms with Crippen LogP contribution in [0.25, 0.3) is 0 Å². The number of hydrogen-bond donors (Lipinski definition) is 1. The van der Waals surface area contributed by atoms with Gasteiger partial charge in [-0.1, -0.05) is 24.3 Å². The summed E-state index contributed by atoms with van der Waals surface area (Å²) < 4.78 is 24.6. The van der Waals surface area contributed by atoms with E-state index in [2.05, 4.69) is 5.32 Å². The maximum atomic E-state index is 14.4. The molecule has 0 saturated carbocycles. The van der Waals surface area contributed by atoms with Crippen LogP contribution in [0.1, 0.15) is 17.5 Å². The summed E-state index contributed by atoms with van der Waals surface area (Å²) in [5.74, 6) is 0.385. The van der Waals surface area contributed by atoms with Crippen LogP contribution in [-0.2, 0) is 11.3 Å². The van der Waals surface area contributed by atoms with Crippen molar-refractivity contribution >= 4 is 29.1 Å². The fourth-order valence-electron chi connectivity index (χ4n) is 3.46. The summed E-state index contributed by atoms with van der Waals surface area (Å²) in [4.78, 5) is 18.5. The zero-order chi connectivity index (χ0) is 22.5. The van der Waals surface area contributed by atoms with Crippen molar-refractivity contribution in [1.29, 1.82) is 0 Å². The zero-order valence-electron chi connectivity index (χ0n) is 17.8. The van der Waals surface area contributed by atoms with Crippen molar-refractivity contribution in [2.75, 3.05) is 14.2 Å². The molecule has 5 nitrogen and oxygen atoms in total. The van der Waals surface area contributed by atoms with Gasteiger partial charge in [-0.15, -0.1) is 11.8 Å². The molecule has 1 heterocycles. The molecule has 0 aromatic heterocycles. The first-order valence-corrected chi connectivity index (χ1v) is 11.0. The highest BCUT2D eigenvalue weighted by molar-refractivity contribution is 8.01. The minimum absolute atomic E-state index is 0.0978. The molecule has 164 valence electrons. The number of thioether (sulfide) groups is 1. The second-order valence-electron chi connectivity index (χ2n) is 7.25. The van der Waals surface area contributed by atoms with Crippen LogP contribution in [0.4, 0.5) is 10.1 Å². The molecule has 0 radical (unpaired) electrons. The van der Waals surface area contributed by atoms with Gasteiger partial charge in [-0.3, -0.25) is 9.79 Å². The van der Waals surface area contributed by atoms with Crippen molar-refractivity contribution in [2.45, 2.75) is 23.1 Å². The van der Waals surface area contributed by atoms with Crippen LogP contribution in [0.5, 0.6) is 11.5 Å². The van der Waals surface area contributed by atoms with Crippen LogP contribution < -0.4 is 14.8 Å². The second-order valence-corrected chi connectivity index (χ2v) is 8.49. The highest BCUT2D eigenvalue weighted by atomic mass is 32.2. The molecule has 0 bridgehead atoms. The van der Waals surface area contributed by atoms with Gasteiger partial charge in [-0.2, -0.15) is 0 Å². The lowest BCUT2D eigenvalue weighted by atomic mass is 10.0. The van der Waals surface area contributed by atoms with Crippen LogP contribution in [0.3, 0.4) is 0 Å². The van der Waals surface area contributed by atoms with Crippen molar-refractivity contribution in [1.82, 2.24) is 5.32 Å². The van der Waals surface area contributed by atoms with Gasteiger partial charge in [0.25, 0.3) is 0 Å². The molecule has 0 spiro atoms. The number of ether oxygens (including phenoxy) is 2. The van der Waals surface area contributed by atoms with Crippen molar-refractivity contribution in [3.63, 3.8) is 0 Å². The van der Waals surface area contributed by atoms with Gasteiger partial charge in [0, 0.05) is 23.4 Å². The van der Waals surface area contributed by atoms with Gasteiger partial charge in [0.2, 0.25) is 5.91 Å². The standard InChI is InChI=1S/C25H23FN2O3S/c1-30-18-10-7-16(8-11-18)15-27-24(29)14-23-25(17-9-12-21(31-2)19(26)13-17)28-20-5-3-4-6-22(20)32-23/h3-13,23H,14-15H2,1-2H3,(H,27,29)/t23-/m0/s1. The van der Waals surface area contributed by atoms with E-state index in [9.17, 15) is 9.18 Å². The van der Waals surface area contributed by atoms with Crippen LogP contribution in [0, 0.1) is 5.82 Å². The Bertz CT molecular complexity index is 1150. The van der Waals surface area contributed by atoms with Crippen LogP contribution >= 0.6 is 11.8 Å². The fraction of sp³-hybridized carbons (Fsp3) is 0.200. The van der Waals surface area contributed by atoms with Gasteiger partial charge < -0.3 is 14.8 Å². The van der Waals surface area contributed by atoms with E-state index in [1.165, 1.54) is 13.2 Å². The average molecular weight is 451 g/mol. The number of aliphatic imine (C=N–C) groups is 1. The summed E-state index contributed by atoms with van der Waals surface area (Å²) in [6.07, 6.45) is 0.224. The third-order valence-corrected chi connectivity index (χ3v) is 6.42. The minimum atomic E-state index is -0.459. The van der Waals surface area contributed by atoms with E-state index >= 15 is 0 Å². The molecule has 4 rings (SSSR count). The Morgan fingerprint density at radius 3 is 2.56 bits per heavy atom. The van der Waals surface area contributed by atoms with Gasteiger partial charge >= 0.3 is 0 Å². The number of para-hydroxylation sites is 1. The van der Waals surface area contributed by atoms with Crippen LogP contribution in [-0.4, -0.2) is 31.1 Å². The molecule has 0 unspecified atom stereocenters. The van der Waals surface area contributed by atoms with Crippen molar-refractivity contribution < 1.29 is 18.7 Å². The number of carbonyl (C=O) groups is 1. The Balaban J connectivity index is 1.52. The highest BCUT2D eigenvalue weighted by Gasteiger charge is 2.28. The summed E-state index contributed by atoms with van der Waals surface area (Å²) in [5.41, 5.74) is 3.11. The van der Waals surface area contributed by atoms with Crippen LogP contribution in [0.15, 0.2) is 76.6 Å². The summed E-state index contributed by atoms with van der Waals surface area (Å²) in [6, 6.07) is 20.1. The Kier molecular flexibility index (Phi) is 6.75. The molecule has 1 atom stereocenters. The number of halogens is 1. The van der Waals surface area contributed by atoms with E-state index in [0.29, 0.717) is 17.8 Å². The number of benzene rings is 3. The number of hydrogen-bond acceptors (Lipinski definition) is 5. The van der Waals surface area contributed by atoms with Gasteiger partial charge in [-0.05, 0) is 48.0 Å². The molecular formula is C25H23FN2O3S. The Morgan fingerprint density at radius 1 is 1.06 bits per heavy atom. The molecule has 1 aliphatic heterocycles. The number of carbonyl (C=O) groups excluding carboxylic acids is 1. The first kappa shape index (κ1) is 21.9. The second kappa shape index (κ2) is 9.87. The fourth-order valence-corrected chi connectivity index (χ4v) is 4.69. The number of nitrogens with one attached hydrogen (secondary N) is 1. The molecule has 32 heavy (non-hydrogen) atoms. The maximum Gasteiger partial charge on any atom is 0.221 e. The topological polar surface area (TPSA) is 59.9 Å². The number of nitrogens with zero attached hydrogens (tertiary/aromatic N) is 1. The lowest BCUT2D eigenvalue weighted by Gasteiger charge is -2.24. The molecule has 0 saturated heterocycles. The molecule has 0 fully saturated rings. The molecule has 1 amide bonds. The molecule has 3 aromatic carbocycles. The Labute approximate surface area is 190 Å². The first-order valence-electron chi connectivity index (χ1n) is 10.1. The van der Waals surface area contributed by atoms with E-state index in [4.69, 9.17) is 14.5 Å². The minimum Gasteiger partial charge on any atom is -0.497 e.